The van der Waals surface area contributed by atoms with E-state index in [1.165, 1.54) is 11.8 Å². The zero-order valence-electron chi connectivity index (χ0n) is 16.0. The molecule has 28 heavy (non-hydrogen) atoms. The Balaban J connectivity index is 1.69. The third-order valence-electron chi connectivity index (χ3n) is 4.39. The summed E-state index contributed by atoms with van der Waals surface area (Å²) in [7, 11) is 1.58. The highest BCUT2D eigenvalue weighted by molar-refractivity contribution is 7.99. The third-order valence-corrected chi connectivity index (χ3v) is 5.36. The van der Waals surface area contributed by atoms with Crippen LogP contribution in [0.4, 0.5) is 5.69 Å². The number of aromatic nitrogens is 2. The number of nitrogens with zero attached hydrogens (tertiary/aromatic N) is 2. The maximum atomic E-state index is 12.5. The summed E-state index contributed by atoms with van der Waals surface area (Å²) in [6.45, 7) is 3.86. The van der Waals surface area contributed by atoms with Crippen molar-refractivity contribution in [2.75, 3.05) is 18.1 Å². The van der Waals surface area contributed by atoms with Gasteiger partial charge in [-0.25, -0.2) is 4.98 Å². The first kappa shape index (κ1) is 19.7. The van der Waals surface area contributed by atoms with Gasteiger partial charge in [-0.05, 0) is 43.2 Å². The topological polar surface area (TPSA) is 76.0 Å². The molecular weight excluding hydrogens is 372 g/mol. The standard InChI is InChI=1S/C21H22N4O2S/c1-14-7-4-5-10-18(14)25-12-11-23-21(25)28-13-19(26)24-17-9-6-8-16(15(17)2)20(27)22-3/h4-12H,13H2,1-3H3,(H,22,27)(H,24,26). The van der Waals surface area contributed by atoms with Crippen LogP contribution in [0.2, 0.25) is 0 Å². The number of amides is 2. The van der Waals surface area contributed by atoms with Crippen molar-refractivity contribution >= 4 is 29.3 Å². The molecule has 2 N–H and O–H groups in total. The van der Waals surface area contributed by atoms with Crippen molar-refractivity contribution in [3.8, 4) is 5.69 Å². The summed E-state index contributed by atoms with van der Waals surface area (Å²) in [4.78, 5) is 28.7. The van der Waals surface area contributed by atoms with E-state index < -0.39 is 0 Å². The van der Waals surface area contributed by atoms with E-state index in [2.05, 4.69) is 15.6 Å². The van der Waals surface area contributed by atoms with E-state index in [0.717, 1.165) is 22.0 Å². The minimum atomic E-state index is -0.178. The van der Waals surface area contributed by atoms with Crippen molar-refractivity contribution in [3.05, 3.63) is 71.5 Å². The van der Waals surface area contributed by atoms with E-state index in [-0.39, 0.29) is 17.6 Å². The maximum absolute atomic E-state index is 12.5. The number of nitrogens with one attached hydrogen (secondary N) is 2. The second-order valence-corrected chi connectivity index (χ2v) is 7.20. The summed E-state index contributed by atoms with van der Waals surface area (Å²) >= 11 is 1.37. The van der Waals surface area contributed by atoms with Gasteiger partial charge in [-0.2, -0.15) is 0 Å². The van der Waals surface area contributed by atoms with Crippen molar-refractivity contribution in [2.45, 2.75) is 19.0 Å². The molecule has 144 valence electrons. The maximum Gasteiger partial charge on any atom is 0.251 e. The van der Waals surface area contributed by atoms with Crippen LogP contribution < -0.4 is 10.6 Å². The monoisotopic (exact) mass is 394 g/mol. The number of para-hydroxylation sites is 1. The lowest BCUT2D eigenvalue weighted by atomic mass is 10.1. The molecule has 7 heteroatoms. The fourth-order valence-electron chi connectivity index (χ4n) is 2.88. The molecule has 0 spiro atoms. The lowest BCUT2D eigenvalue weighted by Gasteiger charge is -2.12. The van der Waals surface area contributed by atoms with Gasteiger partial charge in [0.25, 0.3) is 5.91 Å². The van der Waals surface area contributed by atoms with Crippen LogP contribution in [0.5, 0.6) is 0 Å². The van der Waals surface area contributed by atoms with Crippen molar-refractivity contribution < 1.29 is 9.59 Å². The lowest BCUT2D eigenvalue weighted by molar-refractivity contribution is -0.113. The molecule has 1 heterocycles. The first-order chi connectivity index (χ1) is 13.5. The van der Waals surface area contributed by atoms with E-state index in [4.69, 9.17) is 0 Å². The molecule has 1 aromatic heterocycles. The lowest BCUT2D eigenvalue weighted by Crippen LogP contribution is -2.21. The molecule has 2 aromatic carbocycles. The van der Waals surface area contributed by atoms with Crippen LogP contribution in [0, 0.1) is 13.8 Å². The normalized spacial score (nSPS) is 10.5. The third kappa shape index (κ3) is 4.26. The molecular formula is C21H22N4O2S. The number of carbonyl (C=O) groups excluding carboxylic acids is 2. The number of imidazole rings is 1. The molecule has 0 atom stereocenters. The number of thioether (sulfide) groups is 1. The molecule has 0 aliphatic rings. The van der Waals surface area contributed by atoms with E-state index in [1.54, 1.807) is 31.4 Å². The molecule has 0 radical (unpaired) electrons. The molecule has 3 rings (SSSR count). The fraction of sp³-hybridized carbons (Fsp3) is 0.190. The fourth-order valence-corrected chi connectivity index (χ4v) is 3.65. The number of aryl methyl sites for hydroxylation is 1. The van der Waals surface area contributed by atoms with Crippen LogP contribution in [0.1, 0.15) is 21.5 Å². The average molecular weight is 395 g/mol. The van der Waals surface area contributed by atoms with Gasteiger partial charge in [0.2, 0.25) is 5.91 Å². The average Bonchev–Trinajstić information content (AvgIpc) is 3.16. The molecule has 0 aliphatic carbocycles. The van der Waals surface area contributed by atoms with E-state index in [1.807, 2.05) is 48.9 Å². The van der Waals surface area contributed by atoms with Gasteiger partial charge in [-0.3, -0.25) is 14.2 Å². The molecule has 2 amide bonds. The number of benzene rings is 2. The predicted molar refractivity (Wildman–Crippen MR) is 112 cm³/mol. The van der Waals surface area contributed by atoms with Gasteiger partial charge < -0.3 is 10.6 Å². The second kappa shape index (κ2) is 8.75. The van der Waals surface area contributed by atoms with Crippen LogP contribution in [0.25, 0.3) is 5.69 Å². The Bertz CT molecular complexity index is 1010. The minimum Gasteiger partial charge on any atom is -0.355 e. The molecule has 0 fully saturated rings. The van der Waals surface area contributed by atoms with Crippen LogP contribution in [-0.2, 0) is 4.79 Å². The predicted octanol–water partition coefficient (Wildman–Crippen LogP) is 3.58. The van der Waals surface area contributed by atoms with E-state index in [0.29, 0.717) is 11.3 Å². The quantitative estimate of drug-likeness (QED) is 0.627. The number of anilines is 1. The van der Waals surface area contributed by atoms with Gasteiger partial charge in [0.15, 0.2) is 5.16 Å². The van der Waals surface area contributed by atoms with Crippen molar-refractivity contribution in [1.29, 1.82) is 0 Å². The Hall–Kier alpha value is -3.06. The van der Waals surface area contributed by atoms with Crippen LogP contribution in [-0.4, -0.2) is 34.2 Å². The molecule has 0 saturated carbocycles. The summed E-state index contributed by atoms with van der Waals surface area (Å²) in [5, 5.41) is 6.24. The Labute approximate surface area is 168 Å². The van der Waals surface area contributed by atoms with E-state index in [9.17, 15) is 9.59 Å². The summed E-state index contributed by atoms with van der Waals surface area (Å²) in [5.74, 6) is -0.114. The van der Waals surface area contributed by atoms with Crippen LogP contribution in [0.15, 0.2) is 60.0 Å². The Morgan fingerprint density at radius 3 is 2.64 bits per heavy atom. The number of hydrogen-bond acceptors (Lipinski definition) is 4. The Morgan fingerprint density at radius 1 is 1.11 bits per heavy atom. The zero-order valence-corrected chi connectivity index (χ0v) is 16.8. The van der Waals surface area contributed by atoms with Crippen LogP contribution >= 0.6 is 11.8 Å². The van der Waals surface area contributed by atoms with Gasteiger partial charge in [0.1, 0.15) is 0 Å². The molecule has 3 aromatic rings. The smallest absolute Gasteiger partial charge is 0.251 e. The highest BCUT2D eigenvalue weighted by Gasteiger charge is 2.14. The van der Waals surface area contributed by atoms with Gasteiger partial charge in [0, 0.05) is 30.7 Å². The minimum absolute atomic E-state index is 0.151. The summed E-state index contributed by atoms with van der Waals surface area (Å²) in [5.41, 5.74) is 4.09. The SMILES string of the molecule is CNC(=O)c1cccc(NC(=O)CSc2nccn2-c2ccccc2C)c1C. The highest BCUT2D eigenvalue weighted by Crippen LogP contribution is 2.24. The summed E-state index contributed by atoms with van der Waals surface area (Å²) in [6, 6.07) is 13.3. The molecule has 0 aliphatic heterocycles. The van der Waals surface area contributed by atoms with Gasteiger partial charge in [-0.1, -0.05) is 36.0 Å². The first-order valence-electron chi connectivity index (χ1n) is 8.85. The number of carbonyl (C=O) groups is 2. The highest BCUT2D eigenvalue weighted by atomic mass is 32.2. The molecule has 0 saturated heterocycles. The number of hydrogen-bond donors (Lipinski definition) is 2. The van der Waals surface area contributed by atoms with Crippen molar-refractivity contribution in [2.24, 2.45) is 0 Å². The van der Waals surface area contributed by atoms with Crippen molar-refractivity contribution in [1.82, 2.24) is 14.9 Å². The summed E-state index contributed by atoms with van der Waals surface area (Å²) in [6.07, 6.45) is 3.61. The largest absolute Gasteiger partial charge is 0.355 e. The Morgan fingerprint density at radius 2 is 1.89 bits per heavy atom. The summed E-state index contributed by atoms with van der Waals surface area (Å²) < 4.78 is 1.98. The van der Waals surface area contributed by atoms with Gasteiger partial charge >= 0.3 is 0 Å². The van der Waals surface area contributed by atoms with Gasteiger partial charge in [0.05, 0.1) is 11.4 Å². The molecule has 6 nitrogen and oxygen atoms in total. The molecule has 0 bridgehead atoms. The molecule has 0 unspecified atom stereocenters. The Kier molecular flexibility index (Phi) is 6.16. The first-order valence-corrected chi connectivity index (χ1v) is 9.83. The second-order valence-electron chi connectivity index (χ2n) is 6.26. The van der Waals surface area contributed by atoms with Crippen LogP contribution in [0.3, 0.4) is 0 Å². The number of rotatable bonds is 6. The van der Waals surface area contributed by atoms with Crippen molar-refractivity contribution in [3.63, 3.8) is 0 Å². The van der Waals surface area contributed by atoms with Gasteiger partial charge in [-0.15, -0.1) is 0 Å². The zero-order chi connectivity index (χ0) is 20.1. The van der Waals surface area contributed by atoms with E-state index >= 15 is 0 Å².